The second-order valence-electron chi connectivity index (χ2n) is 4.45. The molecule has 112 valence electrons. The number of carbonyl (C=O) groups is 1. The first-order valence-corrected chi connectivity index (χ1v) is 6.20. The third-order valence-corrected chi connectivity index (χ3v) is 3.17. The number of hydrogen-bond acceptors (Lipinski definition) is 3. The number of halogens is 3. The van der Waals surface area contributed by atoms with E-state index in [1.807, 2.05) is 0 Å². The third-order valence-electron chi connectivity index (χ3n) is 3.17. The number of esters is 1. The van der Waals surface area contributed by atoms with E-state index in [4.69, 9.17) is 5.79 Å². The molecule has 0 fully saturated rings. The molecule has 0 amide bonds. The summed E-state index contributed by atoms with van der Waals surface area (Å²) in [7, 11) is 1.10. The van der Waals surface area contributed by atoms with Gasteiger partial charge in [0.15, 0.2) is 11.6 Å². The lowest BCUT2D eigenvalue weighted by Gasteiger charge is -2.05. The van der Waals surface area contributed by atoms with Gasteiger partial charge in [-0.3, -0.25) is 0 Å². The third kappa shape index (κ3) is 2.13. The highest BCUT2D eigenvalue weighted by molar-refractivity contribution is 6.06. The predicted octanol–water partition coefficient (Wildman–Crippen LogP) is 4.30. The first-order chi connectivity index (χ1) is 11.0. The maximum atomic E-state index is 14.2. The van der Waals surface area contributed by atoms with Gasteiger partial charge >= 0.3 is 5.97 Å². The molecular weight excluding hydrogens is 297 g/mol. The molecule has 0 saturated carbocycles. The number of methoxy groups -OCH3 is 1. The van der Waals surface area contributed by atoms with E-state index < -0.39 is 35.0 Å². The van der Waals surface area contributed by atoms with Crippen molar-refractivity contribution in [3.63, 3.8) is 0 Å². The number of rotatable bonds is 2. The van der Waals surface area contributed by atoms with Crippen molar-refractivity contribution in [1.82, 2.24) is 0 Å². The van der Waals surface area contributed by atoms with Crippen molar-refractivity contribution in [3.8, 4) is 11.1 Å². The molecule has 3 aromatic rings. The molecule has 0 spiro atoms. The zero-order valence-electron chi connectivity index (χ0n) is 12.2. The van der Waals surface area contributed by atoms with Gasteiger partial charge in [0.05, 0.1) is 8.48 Å². The summed E-state index contributed by atoms with van der Waals surface area (Å²) in [6.45, 7) is 0. The highest BCUT2D eigenvalue weighted by Crippen LogP contribution is 2.37. The van der Waals surface area contributed by atoms with Crippen LogP contribution < -0.4 is 0 Å². The van der Waals surface area contributed by atoms with Crippen molar-refractivity contribution in [2.75, 3.05) is 7.11 Å². The number of benzene rings is 2. The molecule has 6 heteroatoms. The van der Waals surface area contributed by atoms with Crippen LogP contribution in [0.3, 0.4) is 0 Å². The van der Waals surface area contributed by atoms with Crippen molar-refractivity contribution in [2.24, 2.45) is 0 Å². The molecule has 2 aromatic carbocycles. The van der Waals surface area contributed by atoms with Crippen molar-refractivity contribution in [1.29, 1.82) is 0 Å². The summed E-state index contributed by atoms with van der Waals surface area (Å²) < 4.78 is 58.7. The van der Waals surface area contributed by atoms with Crippen LogP contribution in [0.25, 0.3) is 22.1 Å². The van der Waals surface area contributed by atoms with Crippen LogP contribution in [0.1, 0.15) is 11.9 Å². The van der Waals surface area contributed by atoms with Crippen LogP contribution in [0.15, 0.2) is 40.8 Å². The summed E-state index contributed by atoms with van der Waals surface area (Å²) in [5, 5.41) is 0.295. The van der Waals surface area contributed by atoms with Gasteiger partial charge in [0.2, 0.25) is 5.76 Å². The maximum Gasteiger partial charge on any atom is 0.374 e. The number of carbonyl (C=O) groups excluding carboxylic acids is 1. The SMILES string of the molecule is [2H]c1c(F)cc(-c2c(C(=O)OC)oc3ccccc23)c(F)c1F. The second-order valence-corrected chi connectivity index (χ2v) is 4.45. The first kappa shape index (κ1) is 12.9. The summed E-state index contributed by atoms with van der Waals surface area (Å²) >= 11 is 0. The Morgan fingerprint density at radius 3 is 2.73 bits per heavy atom. The Bertz CT molecular complexity index is 934. The Kier molecular flexibility index (Phi) is 3.07. The molecule has 0 bridgehead atoms. The van der Waals surface area contributed by atoms with Crippen LogP contribution in [0.4, 0.5) is 13.2 Å². The number of para-hydroxylation sites is 1. The van der Waals surface area contributed by atoms with Crippen LogP contribution >= 0.6 is 0 Å². The van der Waals surface area contributed by atoms with E-state index in [0.29, 0.717) is 11.5 Å². The van der Waals surface area contributed by atoms with Crippen molar-refractivity contribution in [2.45, 2.75) is 0 Å². The van der Waals surface area contributed by atoms with Crippen LogP contribution in [0, 0.1) is 17.5 Å². The molecule has 1 heterocycles. The fourth-order valence-electron chi connectivity index (χ4n) is 2.24. The molecule has 0 radical (unpaired) electrons. The Morgan fingerprint density at radius 1 is 1.27 bits per heavy atom. The first-order valence-electron chi connectivity index (χ1n) is 6.70. The molecule has 0 N–H and O–H groups in total. The van der Waals surface area contributed by atoms with E-state index in [9.17, 15) is 18.0 Å². The molecule has 0 aliphatic carbocycles. The summed E-state index contributed by atoms with van der Waals surface area (Å²) in [5.74, 6) is -5.61. The predicted molar refractivity (Wildman–Crippen MR) is 72.9 cm³/mol. The molecule has 22 heavy (non-hydrogen) atoms. The highest BCUT2D eigenvalue weighted by atomic mass is 19.2. The molecule has 0 atom stereocenters. The maximum absolute atomic E-state index is 14.2. The van der Waals surface area contributed by atoms with Gasteiger partial charge in [-0.2, -0.15) is 0 Å². The zero-order chi connectivity index (χ0) is 16.7. The highest BCUT2D eigenvalue weighted by Gasteiger charge is 2.26. The molecule has 0 aliphatic rings. The molecule has 0 aliphatic heterocycles. The van der Waals surface area contributed by atoms with Crippen LogP contribution in [0.2, 0.25) is 0 Å². The normalized spacial score (nSPS) is 11.5. The zero-order valence-corrected chi connectivity index (χ0v) is 11.2. The molecule has 1 aromatic heterocycles. The molecule has 0 saturated heterocycles. The van der Waals surface area contributed by atoms with E-state index in [-0.39, 0.29) is 16.9 Å². The molecule has 3 nitrogen and oxygen atoms in total. The van der Waals surface area contributed by atoms with Gasteiger partial charge in [0, 0.05) is 22.6 Å². The Balaban J connectivity index is 2.42. The lowest BCUT2D eigenvalue weighted by molar-refractivity contribution is 0.0569. The van der Waals surface area contributed by atoms with Gasteiger partial charge in [-0.25, -0.2) is 18.0 Å². The fraction of sp³-hybridized carbons (Fsp3) is 0.0625. The largest absolute Gasteiger partial charge is 0.463 e. The Labute approximate surface area is 124 Å². The molecule has 0 unspecified atom stereocenters. The van der Waals surface area contributed by atoms with Crippen LogP contribution in [-0.2, 0) is 4.74 Å². The minimum absolute atomic E-state index is 0.122. The smallest absolute Gasteiger partial charge is 0.374 e. The van der Waals surface area contributed by atoms with Crippen molar-refractivity contribution < 1.29 is 28.5 Å². The van der Waals surface area contributed by atoms with Gasteiger partial charge in [-0.1, -0.05) is 18.2 Å². The minimum Gasteiger partial charge on any atom is -0.463 e. The van der Waals surface area contributed by atoms with E-state index in [1.165, 1.54) is 12.1 Å². The number of furan rings is 1. The summed E-state index contributed by atoms with van der Waals surface area (Å²) in [4.78, 5) is 11.9. The fourth-order valence-corrected chi connectivity index (χ4v) is 2.24. The van der Waals surface area contributed by atoms with E-state index in [0.717, 1.165) is 7.11 Å². The quantitative estimate of drug-likeness (QED) is 0.523. The lowest BCUT2D eigenvalue weighted by Crippen LogP contribution is -2.02. The van der Waals surface area contributed by atoms with Crippen LogP contribution in [0.5, 0.6) is 0 Å². The van der Waals surface area contributed by atoms with Gasteiger partial charge in [0.1, 0.15) is 11.4 Å². The second kappa shape index (κ2) is 5.22. The average molecular weight is 307 g/mol. The van der Waals surface area contributed by atoms with E-state index in [1.54, 1.807) is 12.1 Å². The van der Waals surface area contributed by atoms with Gasteiger partial charge in [0.25, 0.3) is 0 Å². The molecular formula is C16H9F3O3. The Hall–Kier alpha value is -2.76. The van der Waals surface area contributed by atoms with Crippen molar-refractivity contribution in [3.05, 3.63) is 59.6 Å². The number of hydrogen-bond donors (Lipinski definition) is 0. The minimum atomic E-state index is -1.64. The summed E-state index contributed by atoms with van der Waals surface area (Å²) in [6, 6.07) is 5.75. The topological polar surface area (TPSA) is 39.4 Å². The summed E-state index contributed by atoms with van der Waals surface area (Å²) in [6.07, 6.45) is 0. The van der Waals surface area contributed by atoms with Gasteiger partial charge < -0.3 is 9.15 Å². The van der Waals surface area contributed by atoms with Crippen molar-refractivity contribution >= 4 is 16.9 Å². The number of ether oxygens (including phenoxy) is 1. The van der Waals surface area contributed by atoms with Gasteiger partial charge in [-0.15, -0.1) is 0 Å². The van der Waals surface area contributed by atoms with E-state index >= 15 is 0 Å². The number of fused-ring (bicyclic) bond motifs is 1. The van der Waals surface area contributed by atoms with E-state index in [2.05, 4.69) is 4.74 Å². The Morgan fingerprint density at radius 2 is 2.00 bits per heavy atom. The standard InChI is InChI=1S/C16H9F3O3/c1-21-16(20)15-13(9-4-2-3-5-12(9)22-15)10-6-8(17)7-11(18)14(10)19/h2-7H,1H3/i7D. The monoisotopic (exact) mass is 307 g/mol. The lowest BCUT2D eigenvalue weighted by atomic mass is 10.0. The van der Waals surface area contributed by atoms with Gasteiger partial charge in [-0.05, 0) is 12.1 Å². The molecule has 3 rings (SSSR count). The van der Waals surface area contributed by atoms with Crippen LogP contribution in [-0.4, -0.2) is 13.1 Å². The average Bonchev–Trinajstić information content (AvgIpc) is 2.95. The summed E-state index contributed by atoms with van der Waals surface area (Å²) in [5.41, 5.74) is -0.401.